The van der Waals surface area contributed by atoms with E-state index in [1.807, 2.05) is 0 Å². The first-order chi connectivity index (χ1) is 12.5. The van der Waals surface area contributed by atoms with Gasteiger partial charge in [-0.1, -0.05) is 23.7 Å². The van der Waals surface area contributed by atoms with Crippen LogP contribution in [0.3, 0.4) is 0 Å². The second kappa shape index (κ2) is 8.29. The van der Waals surface area contributed by atoms with Crippen LogP contribution in [0.2, 0.25) is 5.02 Å². The lowest BCUT2D eigenvalue weighted by atomic mass is 10.2. The topological polar surface area (TPSA) is 65.5 Å². The van der Waals surface area contributed by atoms with Crippen LogP contribution in [0, 0.1) is 5.82 Å². The first kappa shape index (κ1) is 18.4. The lowest BCUT2D eigenvalue weighted by Gasteiger charge is -2.17. The number of nitrogens with zero attached hydrogens (tertiary/aromatic N) is 2. The zero-order valence-electron chi connectivity index (χ0n) is 14.0. The highest BCUT2D eigenvalue weighted by molar-refractivity contribution is 6.33. The molecule has 26 heavy (non-hydrogen) atoms. The van der Waals surface area contributed by atoms with Crippen LogP contribution in [0.15, 0.2) is 42.6 Å². The van der Waals surface area contributed by atoms with Crippen molar-refractivity contribution >= 4 is 29.5 Å². The van der Waals surface area contributed by atoms with Crippen molar-refractivity contribution in [2.45, 2.75) is 19.0 Å². The Morgan fingerprint density at radius 1 is 1.42 bits per heavy atom. The summed E-state index contributed by atoms with van der Waals surface area (Å²) in [5.74, 6) is -0.652. The molecular weight excluding hydrogens is 357 g/mol. The summed E-state index contributed by atoms with van der Waals surface area (Å²) >= 11 is 6.25. The van der Waals surface area contributed by atoms with E-state index in [1.54, 1.807) is 24.4 Å². The number of aliphatic carboxylic acids is 1. The van der Waals surface area contributed by atoms with Crippen molar-refractivity contribution in [2.24, 2.45) is 0 Å². The fourth-order valence-electron chi connectivity index (χ4n) is 2.95. The van der Waals surface area contributed by atoms with Crippen LogP contribution in [0.1, 0.15) is 17.5 Å². The molecule has 0 amide bonds. The van der Waals surface area contributed by atoms with E-state index in [0.717, 1.165) is 37.7 Å². The molecule has 0 unspecified atom stereocenters. The molecule has 1 atom stereocenters. The fraction of sp³-hybridized carbons (Fsp3) is 0.263. The number of rotatable bonds is 6. The van der Waals surface area contributed by atoms with Crippen LogP contribution < -0.4 is 5.32 Å². The van der Waals surface area contributed by atoms with Crippen molar-refractivity contribution in [1.82, 2.24) is 9.88 Å². The van der Waals surface area contributed by atoms with Crippen molar-refractivity contribution in [3.8, 4) is 0 Å². The maximum Gasteiger partial charge on any atom is 0.328 e. The van der Waals surface area contributed by atoms with E-state index in [1.165, 1.54) is 18.2 Å². The zero-order valence-corrected chi connectivity index (χ0v) is 14.8. The molecular formula is C19H19ClFN3O2. The molecule has 1 aliphatic heterocycles. The molecule has 1 fully saturated rings. The van der Waals surface area contributed by atoms with Gasteiger partial charge in [-0.3, -0.25) is 4.90 Å². The van der Waals surface area contributed by atoms with Gasteiger partial charge < -0.3 is 10.4 Å². The summed E-state index contributed by atoms with van der Waals surface area (Å²) in [7, 11) is 0. The van der Waals surface area contributed by atoms with E-state index in [4.69, 9.17) is 16.7 Å². The third-order valence-corrected chi connectivity index (χ3v) is 4.50. The predicted octanol–water partition coefficient (Wildman–Crippen LogP) is 3.66. The molecule has 2 N–H and O–H groups in total. The lowest BCUT2D eigenvalue weighted by molar-refractivity contribution is -0.131. The normalized spacial score (nSPS) is 17.7. The van der Waals surface area contributed by atoms with Crippen LogP contribution in [0.5, 0.6) is 0 Å². The molecule has 2 aromatic rings. The Labute approximate surface area is 156 Å². The number of benzene rings is 1. The SMILES string of the molecule is O=C(O)/C=C/c1cnc(N[C@@H]2CCN(Cc3ccc(F)cc3)C2)c(Cl)c1. The molecule has 0 spiro atoms. The Hall–Kier alpha value is -2.44. The Balaban J connectivity index is 1.56. The van der Waals surface area contributed by atoms with E-state index in [-0.39, 0.29) is 11.9 Å². The van der Waals surface area contributed by atoms with Crippen LogP contribution >= 0.6 is 11.6 Å². The van der Waals surface area contributed by atoms with E-state index < -0.39 is 5.97 Å². The maximum absolute atomic E-state index is 13.0. The summed E-state index contributed by atoms with van der Waals surface area (Å²) in [5, 5.41) is 12.5. The number of hydrogen-bond acceptors (Lipinski definition) is 4. The third kappa shape index (κ3) is 5.03. The molecule has 1 saturated heterocycles. The second-order valence-corrected chi connectivity index (χ2v) is 6.67. The fourth-order valence-corrected chi connectivity index (χ4v) is 3.18. The van der Waals surface area contributed by atoms with E-state index in [2.05, 4.69) is 15.2 Å². The molecule has 5 nitrogen and oxygen atoms in total. The smallest absolute Gasteiger partial charge is 0.328 e. The Morgan fingerprint density at radius 2 is 2.19 bits per heavy atom. The number of nitrogens with one attached hydrogen (secondary N) is 1. The molecule has 0 bridgehead atoms. The molecule has 1 aromatic carbocycles. The van der Waals surface area contributed by atoms with E-state index >= 15 is 0 Å². The Kier molecular flexibility index (Phi) is 5.85. The molecule has 0 saturated carbocycles. The highest BCUT2D eigenvalue weighted by Gasteiger charge is 2.23. The van der Waals surface area contributed by atoms with Gasteiger partial charge in [-0.25, -0.2) is 14.2 Å². The van der Waals surface area contributed by atoms with Gasteiger partial charge in [-0.15, -0.1) is 0 Å². The molecule has 0 aliphatic carbocycles. The van der Waals surface area contributed by atoms with Crippen molar-refractivity contribution in [2.75, 3.05) is 18.4 Å². The van der Waals surface area contributed by atoms with Crippen LogP contribution in [-0.2, 0) is 11.3 Å². The number of carbonyl (C=O) groups is 1. The number of likely N-dealkylation sites (tertiary alicyclic amines) is 1. The van der Waals surface area contributed by atoms with Crippen molar-refractivity contribution < 1.29 is 14.3 Å². The average molecular weight is 376 g/mol. The van der Waals surface area contributed by atoms with Crippen LogP contribution in [-0.4, -0.2) is 40.1 Å². The van der Waals surface area contributed by atoms with E-state index in [9.17, 15) is 9.18 Å². The van der Waals surface area contributed by atoms with Gasteiger partial charge in [0.05, 0.1) is 5.02 Å². The van der Waals surface area contributed by atoms with Crippen molar-refractivity contribution in [3.63, 3.8) is 0 Å². The van der Waals surface area contributed by atoms with Gasteiger partial charge in [0.1, 0.15) is 11.6 Å². The first-order valence-electron chi connectivity index (χ1n) is 8.29. The first-order valence-corrected chi connectivity index (χ1v) is 8.67. The number of carboxylic acid groups (broad SMARTS) is 1. The molecule has 7 heteroatoms. The number of anilines is 1. The monoisotopic (exact) mass is 375 g/mol. The minimum absolute atomic E-state index is 0.223. The second-order valence-electron chi connectivity index (χ2n) is 6.26. The van der Waals surface area contributed by atoms with Gasteiger partial charge in [0.2, 0.25) is 0 Å². The average Bonchev–Trinajstić information content (AvgIpc) is 3.04. The summed E-state index contributed by atoms with van der Waals surface area (Å²) in [5.41, 5.74) is 1.71. The van der Waals surface area contributed by atoms with Crippen molar-refractivity contribution in [1.29, 1.82) is 0 Å². The standard InChI is InChI=1S/C19H19ClFN3O2/c20-17-9-14(3-6-18(25)26)10-22-19(17)23-16-7-8-24(12-16)11-13-1-4-15(21)5-2-13/h1-6,9-10,16H,7-8,11-12H2,(H,22,23)(H,25,26)/b6-3+/t16-/m1/s1. The van der Waals surface area contributed by atoms with Gasteiger partial charge in [0.15, 0.2) is 0 Å². The van der Waals surface area contributed by atoms with Gasteiger partial charge in [0.25, 0.3) is 0 Å². The summed E-state index contributed by atoms with van der Waals surface area (Å²) in [6, 6.07) is 8.47. The van der Waals surface area contributed by atoms with Gasteiger partial charge >= 0.3 is 5.97 Å². The summed E-state index contributed by atoms with van der Waals surface area (Å²) in [6.45, 7) is 2.56. The van der Waals surface area contributed by atoms with Gasteiger partial charge in [-0.2, -0.15) is 0 Å². The molecule has 136 valence electrons. The number of halogens is 2. The van der Waals surface area contributed by atoms with Crippen LogP contribution in [0.25, 0.3) is 6.08 Å². The zero-order chi connectivity index (χ0) is 18.5. The number of aromatic nitrogens is 1. The highest BCUT2D eigenvalue weighted by atomic mass is 35.5. The highest BCUT2D eigenvalue weighted by Crippen LogP contribution is 2.24. The Bertz CT molecular complexity index is 811. The quantitative estimate of drug-likeness (QED) is 0.754. The maximum atomic E-state index is 13.0. The van der Waals surface area contributed by atoms with Crippen LogP contribution in [0.4, 0.5) is 10.2 Å². The molecule has 1 aromatic heterocycles. The van der Waals surface area contributed by atoms with Crippen molar-refractivity contribution in [3.05, 3.63) is 64.6 Å². The molecule has 3 rings (SSSR count). The molecule has 1 aliphatic rings. The number of pyridine rings is 1. The third-order valence-electron chi connectivity index (χ3n) is 4.21. The summed E-state index contributed by atoms with van der Waals surface area (Å²) in [4.78, 5) is 17.1. The summed E-state index contributed by atoms with van der Waals surface area (Å²) in [6.07, 6.45) is 5.04. The largest absolute Gasteiger partial charge is 0.478 e. The predicted molar refractivity (Wildman–Crippen MR) is 99.6 cm³/mol. The summed E-state index contributed by atoms with van der Waals surface area (Å²) < 4.78 is 13.0. The minimum Gasteiger partial charge on any atom is -0.478 e. The van der Waals surface area contributed by atoms with Gasteiger partial charge in [0, 0.05) is 37.9 Å². The minimum atomic E-state index is -1.02. The molecule has 0 radical (unpaired) electrons. The van der Waals surface area contributed by atoms with Gasteiger partial charge in [-0.05, 0) is 41.8 Å². The van der Waals surface area contributed by atoms with E-state index in [0.29, 0.717) is 16.4 Å². The lowest BCUT2D eigenvalue weighted by Crippen LogP contribution is -2.26. The molecule has 2 heterocycles. The Morgan fingerprint density at radius 3 is 2.88 bits per heavy atom. The number of hydrogen-bond donors (Lipinski definition) is 2. The number of carboxylic acids is 1.